The molecule has 0 amide bonds. The molecule has 0 saturated heterocycles. The molecular weight excluding hydrogens is 180 g/mol. The van der Waals surface area contributed by atoms with E-state index in [1.54, 1.807) is 0 Å². The number of anilines is 1. The molecule has 0 atom stereocenters. The molecule has 6 heteroatoms. The molecule has 2 heterocycles. The normalized spacial score (nSPS) is 10.4. The zero-order valence-corrected chi connectivity index (χ0v) is 7.94. The first-order valence-corrected chi connectivity index (χ1v) is 4.16. The molecule has 3 N–H and O–H groups in total. The zero-order valence-electron chi connectivity index (χ0n) is 7.94. The third kappa shape index (κ3) is 1.41. The van der Waals surface area contributed by atoms with E-state index in [1.165, 1.54) is 0 Å². The highest BCUT2D eigenvalue weighted by molar-refractivity contribution is 5.58. The molecule has 6 nitrogen and oxygen atoms in total. The lowest BCUT2D eigenvalue weighted by Gasteiger charge is -2.00. The molecule has 2 rings (SSSR count). The quantitative estimate of drug-likeness (QED) is 0.681. The van der Waals surface area contributed by atoms with Crippen LogP contribution in [0.2, 0.25) is 0 Å². The van der Waals surface area contributed by atoms with Gasteiger partial charge in [0.15, 0.2) is 5.82 Å². The van der Waals surface area contributed by atoms with E-state index in [9.17, 15) is 0 Å². The summed E-state index contributed by atoms with van der Waals surface area (Å²) in [6, 6.07) is 1.89. The van der Waals surface area contributed by atoms with Crippen molar-refractivity contribution in [3.05, 3.63) is 17.5 Å². The highest BCUT2D eigenvalue weighted by Gasteiger charge is 2.08. The van der Waals surface area contributed by atoms with Gasteiger partial charge >= 0.3 is 0 Å². The number of aromatic nitrogens is 5. The maximum Gasteiger partial charge on any atom is 0.239 e. The van der Waals surface area contributed by atoms with Gasteiger partial charge in [0.05, 0.1) is 11.4 Å². The van der Waals surface area contributed by atoms with Gasteiger partial charge in [-0.1, -0.05) is 0 Å². The standard InChI is InChI=1S/C8H10N6/c1-4-3-6(5(2)12-11-4)7-10-8(9)14-13-7/h3H,1-2H3,(H3,9,10,13,14). The Balaban J connectivity index is 2.55. The van der Waals surface area contributed by atoms with Crippen molar-refractivity contribution in [2.75, 3.05) is 5.73 Å². The molecule has 0 aliphatic heterocycles. The summed E-state index contributed by atoms with van der Waals surface area (Å²) in [7, 11) is 0. The van der Waals surface area contributed by atoms with Crippen LogP contribution in [-0.4, -0.2) is 25.4 Å². The Morgan fingerprint density at radius 2 is 2.07 bits per heavy atom. The van der Waals surface area contributed by atoms with Crippen LogP contribution in [0.3, 0.4) is 0 Å². The molecule has 2 aromatic rings. The van der Waals surface area contributed by atoms with Crippen LogP contribution in [0.25, 0.3) is 11.4 Å². The van der Waals surface area contributed by atoms with Crippen LogP contribution in [0.1, 0.15) is 11.4 Å². The fourth-order valence-corrected chi connectivity index (χ4v) is 1.18. The molecule has 0 bridgehead atoms. The molecule has 0 radical (unpaired) electrons. The zero-order chi connectivity index (χ0) is 10.1. The number of nitrogens with zero attached hydrogens (tertiary/aromatic N) is 4. The number of nitrogens with one attached hydrogen (secondary N) is 1. The summed E-state index contributed by atoms with van der Waals surface area (Å²) < 4.78 is 0. The minimum Gasteiger partial charge on any atom is -0.366 e. The third-order valence-corrected chi connectivity index (χ3v) is 1.86. The molecule has 0 fully saturated rings. The second kappa shape index (κ2) is 3.06. The Hall–Kier alpha value is -1.98. The van der Waals surface area contributed by atoms with Crippen molar-refractivity contribution < 1.29 is 0 Å². The molecular formula is C8H10N6. The Morgan fingerprint density at radius 1 is 1.29 bits per heavy atom. The van der Waals surface area contributed by atoms with E-state index in [0.717, 1.165) is 17.0 Å². The van der Waals surface area contributed by atoms with Gasteiger partial charge in [-0.2, -0.15) is 15.2 Å². The number of rotatable bonds is 1. The smallest absolute Gasteiger partial charge is 0.239 e. The van der Waals surface area contributed by atoms with E-state index in [0.29, 0.717) is 5.82 Å². The largest absolute Gasteiger partial charge is 0.366 e. The Bertz CT molecular complexity index is 461. The van der Waals surface area contributed by atoms with Crippen molar-refractivity contribution in [3.63, 3.8) is 0 Å². The summed E-state index contributed by atoms with van der Waals surface area (Å²) in [6.45, 7) is 3.73. The van der Waals surface area contributed by atoms with Crippen LogP contribution < -0.4 is 5.73 Å². The molecule has 0 aliphatic rings. The van der Waals surface area contributed by atoms with E-state index >= 15 is 0 Å². The van der Waals surface area contributed by atoms with Crippen LogP contribution in [-0.2, 0) is 0 Å². The Labute approximate surface area is 80.6 Å². The lowest BCUT2D eigenvalue weighted by Crippen LogP contribution is -1.95. The third-order valence-electron chi connectivity index (χ3n) is 1.86. The van der Waals surface area contributed by atoms with Crippen molar-refractivity contribution in [2.24, 2.45) is 0 Å². The topological polar surface area (TPSA) is 93.4 Å². The molecule has 0 aromatic carbocycles. The van der Waals surface area contributed by atoms with Gasteiger partial charge in [0.1, 0.15) is 0 Å². The number of nitrogen functional groups attached to an aromatic ring is 1. The van der Waals surface area contributed by atoms with Crippen LogP contribution >= 0.6 is 0 Å². The molecule has 72 valence electrons. The summed E-state index contributed by atoms with van der Waals surface area (Å²) in [4.78, 5) is 4.03. The number of aromatic amines is 1. The predicted molar refractivity (Wildman–Crippen MR) is 51.3 cm³/mol. The maximum absolute atomic E-state index is 5.41. The summed E-state index contributed by atoms with van der Waals surface area (Å²) in [5.74, 6) is 0.854. The average molecular weight is 190 g/mol. The van der Waals surface area contributed by atoms with Crippen LogP contribution in [0.15, 0.2) is 6.07 Å². The van der Waals surface area contributed by atoms with E-state index < -0.39 is 0 Å². The molecule has 0 spiro atoms. The highest BCUT2D eigenvalue weighted by atomic mass is 15.3. The summed E-state index contributed by atoms with van der Waals surface area (Å²) in [5, 5.41) is 14.4. The fraction of sp³-hybridized carbons (Fsp3) is 0.250. The first-order chi connectivity index (χ1) is 6.66. The number of hydrogen-bond donors (Lipinski definition) is 2. The predicted octanol–water partition coefficient (Wildman–Crippen LogP) is 0.461. The monoisotopic (exact) mass is 190 g/mol. The van der Waals surface area contributed by atoms with Gasteiger partial charge in [0.25, 0.3) is 0 Å². The van der Waals surface area contributed by atoms with Crippen LogP contribution in [0, 0.1) is 13.8 Å². The van der Waals surface area contributed by atoms with Gasteiger partial charge in [-0.15, -0.1) is 5.10 Å². The van der Waals surface area contributed by atoms with Crippen LogP contribution in [0.4, 0.5) is 5.95 Å². The maximum atomic E-state index is 5.41. The van der Waals surface area contributed by atoms with Gasteiger partial charge in [0, 0.05) is 5.56 Å². The first-order valence-electron chi connectivity index (χ1n) is 4.16. The first kappa shape index (κ1) is 8.61. The lowest BCUT2D eigenvalue weighted by molar-refractivity contribution is 0.938. The van der Waals surface area contributed by atoms with E-state index in [1.807, 2.05) is 19.9 Å². The van der Waals surface area contributed by atoms with Gasteiger partial charge in [0.2, 0.25) is 5.95 Å². The van der Waals surface area contributed by atoms with Crippen molar-refractivity contribution in [2.45, 2.75) is 13.8 Å². The second-order valence-electron chi connectivity index (χ2n) is 3.03. The van der Waals surface area contributed by atoms with Gasteiger partial charge in [-0.05, 0) is 19.9 Å². The van der Waals surface area contributed by atoms with Crippen molar-refractivity contribution >= 4 is 5.95 Å². The average Bonchev–Trinajstić information content (AvgIpc) is 2.56. The Kier molecular flexibility index (Phi) is 1.88. The molecule has 2 aromatic heterocycles. The number of hydrogen-bond acceptors (Lipinski definition) is 5. The Morgan fingerprint density at radius 3 is 2.71 bits per heavy atom. The minimum atomic E-state index is 0.230. The van der Waals surface area contributed by atoms with E-state index in [2.05, 4.69) is 25.4 Å². The molecule has 0 saturated carbocycles. The summed E-state index contributed by atoms with van der Waals surface area (Å²) in [6.07, 6.45) is 0. The van der Waals surface area contributed by atoms with Crippen LogP contribution in [0.5, 0.6) is 0 Å². The van der Waals surface area contributed by atoms with Crippen molar-refractivity contribution in [1.82, 2.24) is 25.4 Å². The number of nitrogens with two attached hydrogens (primary N) is 1. The summed E-state index contributed by atoms with van der Waals surface area (Å²) >= 11 is 0. The molecule has 0 unspecified atom stereocenters. The number of aryl methyl sites for hydroxylation is 2. The van der Waals surface area contributed by atoms with E-state index in [4.69, 9.17) is 5.73 Å². The highest BCUT2D eigenvalue weighted by Crippen LogP contribution is 2.17. The second-order valence-corrected chi connectivity index (χ2v) is 3.03. The van der Waals surface area contributed by atoms with Crippen molar-refractivity contribution in [3.8, 4) is 11.4 Å². The summed E-state index contributed by atoms with van der Waals surface area (Å²) in [5.41, 5.74) is 7.92. The molecule has 0 aliphatic carbocycles. The fourth-order valence-electron chi connectivity index (χ4n) is 1.18. The lowest BCUT2D eigenvalue weighted by atomic mass is 10.2. The molecule has 14 heavy (non-hydrogen) atoms. The van der Waals surface area contributed by atoms with Gasteiger partial charge in [-0.3, -0.25) is 5.10 Å². The van der Waals surface area contributed by atoms with E-state index in [-0.39, 0.29) is 5.95 Å². The minimum absolute atomic E-state index is 0.230. The van der Waals surface area contributed by atoms with Crippen molar-refractivity contribution in [1.29, 1.82) is 0 Å². The van der Waals surface area contributed by atoms with Gasteiger partial charge < -0.3 is 5.73 Å². The van der Waals surface area contributed by atoms with Gasteiger partial charge in [-0.25, -0.2) is 0 Å². The number of H-pyrrole nitrogens is 1. The SMILES string of the molecule is Cc1cc(-c2nc(N)n[nH]2)c(C)nn1.